The van der Waals surface area contributed by atoms with Crippen LogP contribution in [0.4, 0.5) is 0 Å². The lowest BCUT2D eigenvalue weighted by Gasteiger charge is -2.09. The van der Waals surface area contributed by atoms with E-state index in [0.29, 0.717) is 0 Å². The molecule has 1 aromatic heterocycles. The normalized spacial score (nSPS) is 11.2. The Balaban J connectivity index is 1.70. The number of thiophene rings is 1. The van der Waals surface area contributed by atoms with Crippen LogP contribution in [0.25, 0.3) is 42.4 Å². The van der Waals surface area contributed by atoms with Crippen molar-refractivity contribution in [3.8, 4) is 22.3 Å². The smallest absolute Gasteiger partial charge is 0.113 e. The van der Waals surface area contributed by atoms with E-state index in [0.717, 1.165) is 16.6 Å². The molecule has 0 atom stereocenters. The van der Waals surface area contributed by atoms with E-state index in [1.165, 1.54) is 31.3 Å². The standard InChI is InChI=1S/C24H15BS/c25-20-13-18(16-6-2-1-3-7-16)12-19(14-20)17-10-11-24-22(15-17)21-8-4-5-9-23(21)26-24/h1-15H. The average Bonchev–Trinajstić information content (AvgIpc) is 3.06. The van der Waals surface area contributed by atoms with Crippen LogP contribution in [0.5, 0.6) is 0 Å². The molecule has 0 aliphatic rings. The molecule has 0 aliphatic carbocycles. The summed E-state index contributed by atoms with van der Waals surface area (Å²) in [6, 6.07) is 32.0. The topological polar surface area (TPSA) is 0 Å². The van der Waals surface area contributed by atoms with Crippen LogP contribution in [-0.4, -0.2) is 7.85 Å². The molecule has 5 aromatic rings. The van der Waals surface area contributed by atoms with E-state index in [-0.39, 0.29) is 0 Å². The van der Waals surface area contributed by atoms with Gasteiger partial charge in [-0.05, 0) is 46.5 Å². The fourth-order valence-corrected chi connectivity index (χ4v) is 4.61. The molecule has 0 unspecified atom stereocenters. The van der Waals surface area contributed by atoms with Crippen LogP contribution in [0.2, 0.25) is 0 Å². The molecule has 1 heterocycles. The molecular formula is C24H15BS. The molecule has 5 rings (SSSR count). The largest absolute Gasteiger partial charge is 0.135 e. The van der Waals surface area contributed by atoms with Crippen LogP contribution < -0.4 is 5.46 Å². The monoisotopic (exact) mass is 346 g/mol. The first kappa shape index (κ1) is 15.4. The van der Waals surface area contributed by atoms with Gasteiger partial charge in [0.25, 0.3) is 0 Å². The highest BCUT2D eigenvalue weighted by Gasteiger charge is 2.08. The Labute approximate surface area is 158 Å². The summed E-state index contributed by atoms with van der Waals surface area (Å²) in [7, 11) is 6.22. The van der Waals surface area contributed by atoms with Crippen LogP contribution in [0.1, 0.15) is 0 Å². The lowest BCUT2D eigenvalue weighted by atomic mass is 9.88. The number of hydrogen-bond acceptors (Lipinski definition) is 1. The van der Waals surface area contributed by atoms with Crippen molar-refractivity contribution in [2.75, 3.05) is 0 Å². The van der Waals surface area contributed by atoms with E-state index in [2.05, 4.69) is 78.9 Å². The van der Waals surface area contributed by atoms with Gasteiger partial charge in [-0.25, -0.2) is 0 Å². The molecule has 4 aromatic carbocycles. The minimum Gasteiger partial charge on any atom is -0.135 e. The first-order chi connectivity index (χ1) is 12.8. The lowest BCUT2D eigenvalue weighted by Crippen LogP contribution is -2.02. The third kappa shape index (κ3) is 2.63. The highest BCUT2D eigenvalue weighted by molar-refractivity contribution is 7.25. The van der Waals surface area contributed by atoms with Gasteiger partial charge in [0.05, 0.1) is 0 Å². The summed E-state index contributed by atoms with van der Waals surface area (Å²) in [5.41, 5.74) is 5.47. The zero-order chi connectivity index (χ0) is 17.5. The summed E-state index contributed by atoms with van der Waals surface area (Å²) < 4.78 is 2.65. The van der Waals surface area contributed by atoms with Crippen molar-refractivity contribution in [3.05, 3.63) is 91.0 Å². The van der Waals surface area contributed by atoms with Crippen molar-refractivity contribution < 1.29 is 0 Å². The fourth-order valence-electron chi connectivity index (χ4n) is 3.52. The van der Waals surface area contributed by atoms with Crippen LogP contribution >= 0.6 is 11.3 Å². The second kappa shape index (κ2) is 6.15. The summed E-state index contributed by atoms with van der Waals surface area (Å²) in [5, 5.41) is 2.63. The Morgan fingerprint density at radius 3 is 2.04 bits per heavy atom. The Bertz CT molecular complexity index is 1240. The van der Waals surface area contributed by atoms with Gasteiger partial charge in [-0.1, -0.05) is 72.2 Å². The van der Waals surface area contributed by atoms with Gasteiger partial charge in [-0.2, -0.15) is 0 Å². The maximum Gasteiger partial charge on any atom is 0.113 e. The minimum atomic E-state index is 0.789. The van der Waals surface area contributed by atoms with Crippen LogP contribution in [0.15, 0.2) is 91.0 Å². The number of hydrogen-bond donors (Lipinski definition) is 0. The highest BCUT2D eigenvalue weighted by Crippen LogP contribution is 2.36. The zero-order valence-electron chi connectivity index (χ0n) is 14.1. The molecule has 0 aliphatic heterocycles. The molecule has 0 N–H and O–H groups in total. The summed E-state index contributed by atoms with van der Waals surface area (Å²) in [5.74, 6) is 0. The predicted molar refractivity (Wildman–Crippen MR) is 116 cm³/mol. The first-order valence-electron chi connectivity index (χ1n) is 8.66. The second-order valence-corrected chi connectivity index (χ2v) is 7.60. The van der Waals surface area contributed by atoms with Gasteiger partial charge in [0, 0.05) is 20.2 Å². The summed E-state index contributed by atoms with van der Waals surface area (Å²) >= 11 is 1.84. The molecule has 0 bridgehead atoms. The molecule has 0 spiro atoms. The van der Waals surface area contributed by atoms with Gasteiger partial charge < -0.3 is 0 Å². The van der Waals surface area contributed by atoms with Crippen molar-refractivity contribution in [1.82, 2.24) is 0 Å². The van der Waals surface area contributed by atoms with E-state index in [1.807, 2.05) is 23.5 Å². The molecule has 0 fully saturated rings. The Morgan fingerprint density at radius 1 is 0.500 bits per heavy atom. The average molecular weight is 346 g/mol. The number of rotatable bonds is 2. The van der Waals surface area contributed by atoms with E-state index in [4.69, 9.17) is 7.85 Å². The molecule has 26 heavy (non-hydrogen) atoms. The lowest BCUT2D eigenvalue weighted by molar-refractivity contribution is 1.62. The summed E-state index contributed by atoms with van der Waals surface area (Å²) in [6.07, 6.45) is 0. The third-order valence-electron chi connectivity index (χ3n) is 4.77. The number of fused-ring (bicyclic) bond motifs is 3. The van der Waals surface area contributed by atoms with Crippen LogP contribution in [0, 0.1) is 0 Å². The maximum absolute atomic E-state index is 6.22. The van der Waals surface area contributed by atoms with E-state index in [1.54, 1.807) is 0 Å². The highest BCUT2D eigenvalue weighted by atomic mass is 32.1. The van der Waals surface area contributed by atoms with E-state index < -0.39 is 0 Å². The van der Waals surface area contributed by atoms with Crippen molar-refractivity contribution in [1.29, 1.82) is 0 Å². The van der Waals surface area contributed by atoms with E-state index >= 15 is 0 Å². The Morgan fingerprint density at radius 2 is 1.19 bits per heavy atom. The SMILES string of the molecule is [B]c1cc(-c2ccccc2)cc(-c2ccc3sc4ccccc4c3c2)c1. The first-order valence-corrected chi connectivity index (χ1v) is 9.47. The Kier molecular flexibility index (Phi) is 3.65. The van der Waals surface area contributed by atoms with Gasteiger partial charge in [0.2, 0.25) is 0 Å². The summed E-state index contributed by atoms with van der Waals surface area (Å²) in [6.45, 7) is 0. The van der Waals surface area contributed by atoms with E-state index in [9.17, 15) is 0 Å². The van der Waals surface area contributed by atoms with Gasteiger partial charge >= 0.3 is 0 Å². The maximum atomic E-state index is 6.22. The molecule has 2 radical (unpaired) electrons. The van der Waals surface area contributed by atoms with Crippen molar-refractivity contribution in [2.24, 2.45) is 0 Å². The van der Waals surface area contributed by atoms with Crippen LogP contribution in [0.3, 0.4) is 0 Å². The van der Waals surface area contributed by atoms with Crippen molar-refractivity contribution >= 4 is 44.8 Å². The minimum absolute atomic E-state index is 0.789. The van der Waals surface area contributed by atoms with Gasteiger partial charge in [-0.15, -0.1) is 11.3 Å². The molecule has 0 nitrogen and oxygen atoms in total. The molecule has 120 valence electrons. The van der Waals surface area contributed by atoms with Gasteiger partial charge in [-0.3, -0.25) is 0 Å². The third-order valence-corrected chi connectivity index (χ3v) is 5.92. The molecule has 0 saturated carbocycles. The molecule has 2 heteroatoms. The Hall–Kier alpha value is -2.84. The quantitative estimate of drug-likeness (QED) is 0.335. The predicted octanol–water partition coefficient (Wildman–Crippen LogP) is 6.18. The van der Waals surface area contributed by atoms with Gasteiger partial charge in [0.15, 0.2) is 0 Å². The molecule has 0 amide bonds. The van der Waals surface area contributed by atoms with Gasteiger partial charge in [0.1, 0.15) is 7.85 Å². The summed E-state index contributed by atoms with van der Waals surface area (Å²) in [4.78, 5) is 0. The number of benzene rings is 4. The molecular weight excluding hydrogens is 331 g/mol. The fraction of sp³-hybridized carbons (Fsp3) is 0. The zero-order valence-corrected chi connectivity index (χ0v) is 15.0. The van der Waals surface area contributed by atoms with Crippen molar-refractivity contribution in [2.45, 2.75) is 0 Å². The van der Waals surface area contributed by atoms with Crippen molar-refractivity contribution in [3.63, 3.8) is 0 Å². The molecule has 0 saturated heterocycles. The second-order valence-electron chi connectivity index (χ2n) is 6.52. The van der Waals surface area contributed by atoms with Crippen LogP contribution in [-0.2, 0) is 0 Å².